The zero-order valence-corrected chi connectivity index (χ0v) is 8.31. The summed E-state index contributed by atoms with van der Waals surface area (Å²) in [6, 6.07) is 0. The molecule has 0 rings (SSSR count). The molecule has 0 heterocycles. The zero-order chi connectivity index (χ0) is 11.0. The number of carboxylic acids is 1. The van der Waals surface area contributed by atoms with Crippen LogP contribution in [0.5, 0.6) is 0 Å². The topological polar surface area (TPSA) is 57.5 Å². The lowest BCUT2D eigenvalue weighted by atomic mass is 10.1. The van der Waals surface area contributed by atoms with Crippen molar-refractivity contribution in [1.82, 2.24) is 0 Å². The van der Waals surface area contributed by atoms with Crippen molar-refractivity contribution in [2.45, 2.75) is 25.9 Å². The van der Waals surface area contributed by atoms with E-state index in [0.717, 1.165) is 0 Å². The molecule has 2 N–H and O–H groups in total. The number of carbonyl (C=O) groups is 1. The monoisotopic (exact) mass is 196 g/mol. The van der Waals surface area contributed by atoms with Crippen LogP contribution in [-0.4, -0.2) is 22.3 Å². The lowest BCUT2D eigenvalue weighted by molar-refractivity contribution is -0.133. The highest BCUT2D eigenvalue weighted by Crippen LogP contribution is 2.08. The van der Waals surface area contributed by atoms with Crippen LogP contribution in [-0.2, 0) is 4.79 Å². The quantitative estimate of drug-likeness (QED) is 0.504. The fraction of sp³-hybridized carbons (Fsp3) is 0.364. The Kier molecular flexibility index (Phi) is 6.41. The highest BCUT2D eigenvalue weighted by atomic mass is 16.4. The molecular formula is C11H16O3. The van der Waals surface area contributed by atoms with Crippen LogP contribution in [0.2, 0.25) is 0 Å². The Hall–Kier alpha value is -1.35. The molecule has 0 bridgehead atoms. The number of aliphatic carboxylic acids is 1. The summed E-state index contributed by atoms with van der Waals surface area (Å²) >= 11 is 0. The van der Waals surface area contributed by atoms with Gasteiger partial charge in [0.25, 0.3) is 0 Å². The molecule has 0 aliphatic rings. The molecule has 0 fully saturated rings. The normalized spacial score (nSPS) is 14.3. The first kappa shape index (κ1) is 12.7. The molecule has 1 unspecified atom stereocenters. The molecule has 0 saturated heterocycles. The van der Waals surface area contributed by atoms with Crippen LogP contribution in [0.3, 0.4) is 0 Å². The van der Waals surface area contributed by atoms with Gasteiger partial charge in [0.1, 0.15) is 0 Å². The van der Waals surface area contributed by atoms with Crippen molar-refractivity contribution in [3.8, 4) is 0 Å². The molecule has 0 aromatic rings. The van der Waals surface area contributed by atoms with E-state index >= 15 is 0 Å². The maximum atomic E-state index is 10.7. The number of rotatable bonds is 6. The van der Waals surface area contributed by atoms with E-state index in [9.17, 15) is 9.90 Å². The molecule has 78 valence electrons. The van der Waals surface area contributed by atoms with Crippen molar-refractivity contribution < 1.29 is 15.0 Å². The van der Waals surface area contributed by atoms with Gasteiger partial charge in [-0.05, 0) is 6.42 Å². The SMILES string of the molecule is C=C/C=C/C(O)C/C(=C/CC)C(=O)O. The summed E-state index contributed by atoms with van der Waals surface area (Å²) in [4.78, 5) is 10.7. The Bertz CT molecular complexity index is 251. The van der Waals surface area contributed by atoms with E-state index in [-0.39, 0.29) is 12.0 Å². The molecule has 14 heavy (non-hydrogen) atoms. The van der Waals surface area contributed by atoms with Gasteiger partial charge in [-0.15, -0.1) is 0 Å². The van der Waals surface area contributed by atoms with Gasteiger partial charge in [0.15, 0.2) is 0 Å². The van der Waals surface area contributed by atoms with E-state index in [1.807, 2.05) is 6.92 Å². The van der Waals surface area contributed by atoms with Crippen LogP contribution in [0.15, 0.2) is 36.5 Å². The highest BCUT2D eigenvalue weighted by Gasteiger charge is 2.10. The molecule has 0 aromatic carbocycles. The molecule has 0 amide bonds. The largest absolute Gasteiger partial charge is 0.478 e. The van der Waals surface area contributed by atoms with E-state index in [2.05, 4.69) is 6.58 Å². The third-order valence-electron chi connectivity index (χ3n) is 1.62. The Balaban J connectivity index is 4.30. The number of aliphatic hydroxyl groups is 1. The first-order valence-electron chi connectivity index (χ1n) is 4.51. The van der Waals surface area contributed by atoms with Crippen molar-refractivity contribution >= 4 is 5.97 Å². The van der Waals surface area contributed by atoms with Gasteiger partial charge in [0, 0.05) is 12.0 Å². The molecule has 3 heteroatoms. The van der Waals surface area contributed by atoms with Crippen LogP contribution < -0.4 is 0 Å². The Morgan fingerprint density at radius 1 is 1.57 bits per heavy atom. The van der Waals surface area contributed by atoms with Crippen LogP contribution in [0.25, 0.3) is 0 Å². The van der Waals surface area contributed by atoms with Gasteiger partial charge in [0.05, 0.1) is 6.10 Å². The number of allylic oxidation sites excluding steroid dienone is 3. The van der Waals surface area contributed by atoms with Crippen LogP contribution in [0.4, 0.5) is 0 Å². The van der Waals surface area contributed by atoms with E-state index in [1.54, 1.807) is 12.2 Å². The lowest BCUT2D eigenvalue weighted by Crippen LogP contribution is -2.10. The third kappa shape index (κ3) is 5.32. The predicted molar refractivity (Wildman–Crippen MR) is 56.0 cm³/mol. The molecule has 0 aromatic heterocycles. The second-order valence-corrected chi connectivity index (χ2v) is 2.83. The van der Waals surface area contributed by atoms with Crippen molar-refractivity contribution in [1.29, 1.82) is 0 Å². The van der Waals surface area contributed by atoms with Gasteiger partial charge >= 0.3 is 5.97 Å². The second-order valence-electron chi connectivity index (χ2n) is 2.83. The third-order valence-corrected chi connectivity index (χ3v) is 1.62. The van der Waals surface area contributed by atoms with Gasteiger partial charge in [-0.3, -0.25) is 0 Å². The average Bonchev–Trinajstić information content (AvgIpc) is 2.14. The zero-order valence-electron chi connectivity index (χ0n) is 8.31. The number of hydrogen-bond donors (Lipinski definition) is 2. The molecule has 0 aliphatic heterocycles. The molecular weight excluding hydrogens is 180 g/mol. The Morgan fingerprint density at radius 3 is 2.64 bits per heavy atom. The minimum Gasteiger partial charge on any atom is -0.478 e. The summed E-state index contributed by atoms with van der Waals surface area (Å²) in [6.07, 6.45) is 6.27. The lowest BCUT2D eigenvalue weighted by Gasteiger charge is -2.05. The first-order chi connectivity index (χ1) is 6.61. The van der Waals surface area contributed by atoms with Crippen LogP contribution in [0.1, 0.15) is 19.8 Å². The smallest absolute Gasteiger partial charge is 0.331 e. The number of carboxylic acid groups (broad SMARTS) is 1. The Labute approximate surface area is 84.1 Å². The summed E-state index contributed by atoms with van der Waals surface area (Å²) in [5, 5.41) is 18.1. The van der Waals surface area contributed by atoms with Gasteiger partial charge in [-0.25, -0.2) is 4.79 Å². The summed E-state index contributed by atoms with van der Waals surface area (Å²) in [7, 11) is 0. The molecule has 0 aliphatic carbocycles. The van der Waals surface area contributed by atoms with Crippen molar-refractivity contribution in [2.75, 3.05) is 0 Å². The molecule has 0 spiro atoms. The fourth-order valence-corrected chi connectivity index (χ4v) is 1.00. The van der Waals surface area contributed by atoms with E-state index in [1.165, 1.54) is 12.2 Å². The molecule has 0 saturated carbocycles. The van der Waals surface area contributed by atoms with Crippen LogP contribution >= 0.6 is 0 Å². The standard InChI is InChI=1S/C11H16O3/c1-3-5-7-10(12)8-9(6-4-2)11(13)14/h3,5-7,10,12H,1,4,8H2,2H3,(H,13,14)/b7-5+,9-6-. The summed E-state index contributed by atoms with van der Waals surface area (Å²) in [6.45, 7) is 5.31. The average molecular weight is 196 g/mol. The summed E-state index contributed by atoms with van der Waals surface area (Å²) < 4.78 is 0. The summed E-state index contributed by atoms with van der Waals surface area (Å²) in [5.41, 5.74) is 0.244. The second kappa shape index (κ2) is 7.09. The van der Waals surface area contributed by atoms with Crippen LogP contribution in [0, 0.1) is 0 Å². The van der Waals surface area contributed by atoms with Crippen molar-refractivity contribution in [3.63, 3.8) is 0 Å². The number of hydrogen-bond acceptors (Lipinski definition) is 2. The van der Waals surface area contributed by atoms with Gasteiger partial charge < -0.3 is 10.2 Å². The highest BCUT2D eigenvalue weighted by molar-refractivity contribution is 5.86. The minimum atomic E-state index is -0.974. The Morgan fingerprint density at radius 2 is 2.21 bits per heavy atom. The maximum absolute atomic E-state index is 10.7. The first-order valence-corrected chi connectivity index (χ1v) is 4.51. The van der Waals surface area contributed by atoms with Crippen molar-refractivity contribution in [2.24, 2.45) is 0 Å². The van der Waals surface area contributed by atoms with Gasteiger partial charge in [0.2, 0.25) is 0 Å². The van der Waals surface area contributed by atoms with Crippen molar-refractivity contribution in [3.05, 3.63) is 36.5 Å². The predicted octanol–water partition coefficient (Wildman–Crippen LogP) is 1.90. The fourth-order valence-electron chi connectivity index (χ4n) is 1.00. The summed E-state index contributed by atoms with van der Waals surface area (Å²) in [5.74, 6) is -0.974. The van der Waals surface area contributed by atoms with E-state index < -0.39 is 12.1 Å². The molecule has 3 nitrogen and oxygen atoms in total. The van der Waals surface area contributed by atoms with E-state index in [4.69, 9.17) is 5.11 Å². The number of aliphatic hydroxyl groups excluding tert-OH is 1. The molecule has 1 atom stereocenters. The maximum Gasteiger partial charge on any atom is 0.331 e. The van der Waals surface area contributed by atoms with Gasteiger partial charge in [-0.1, -0.05) is 37.8 Å². The molecule has 0 radical (unpaired) electrons. The minimum absolute atomic E-state index is 0.132. The van der Waals surface area contributed by atoms with E-state index in [0.29, 0.717) is 6.42 Å². The van der Waals surface area contributed by atoms with Gasteiger partial charge in [-0.2, -0.15) is 0 Å².